The van der Waals surface area contributed by atoms with E-state index in [-0.39, 0.29) is 0 Å². The number of para-hydroxylation sites is 1. The topological polar surface area (TPSA) is 43.6 Å². The summed E-state index contributed by atoms with van der Waals surface area (Å²) in [4.78, 5) is 15.1. The van der Waals surface area contributed by atoms with E-state index in [9.17, 15) is 0 Å². The van der Waals surface area contributed by atoms with Crippen molar-refractivity contribution in [1.29, 1.82) is 0 Å². The quantitative estimate of drug-likeness (QED) is 0.166. The van der Waals surface area contributed by atoms with Gasteiger partial charge in [0.2, 0.25) is 0 Å². The Morgan fingerprint density at radius 3 is 1.27 bits per heavy atom. The van der Waals surface area contributed by atoms with Crippen LogP contribution in [0.1, 0.15) is 0 Å². The summed E-state index contributed by atoms with van der Waals surface area (Å²) in [6.45, 7) is 0. The summed E-state index contributed by atoms with van der Waals surface area (Å²) in [7, 11) is 0. The summed E-state index contributed by atoms with van der Waals surface area (Å²) in [6, 6.07) is 72.4. The number of hydrogen-bond acceptors (Lipinski definition) is 3. The zero-order valence-electron chi connectivity index (χ0n) is 29.9. The van der Waals surface area contributed by atoms with Crippen molar-refractivity contribution >= 4 is 21.8 Å². The number of nitrogens with zero attached hydrogens (tertiary/aromatic N) is 4. The minimum atomic E-state index is 0.630. The normalized spacial score (nSPS) is 11.3. The number of rotatable bonds is 7. The minimum Gasteiger partial charge on any atom is -0.309 e. The molecule has 0 radical (unpaired) electrons. The van der Waals surface area contributed by atoms with Crippen molar-refractivity contribution in [3.8, 4) is 73.2 Å². The molecule has 10 aromatic rings. The maximum atomic E-state index is 5.09. The molecule has 0 N–H and O–H groups in total. The molecule has 0 saturated carbocycles. The molecular weight excluding hydrogens is 669 g/mol. The van der Waals surface area contributed by atoms with Crippen LogP contribution in [-0.4, -0.2) is 19.5 Å². The van der Waals surface area contributed by atoms with Gasteiger partial charge in [-0.15, -0.1) is 0 Å². The van der Waals surface area contributed by atoms with Crippen molar-refractivity contribution in [3.05, 3.63) is 206 Å². The molecule has 0 aliphatic rings. The summed E-state index contributed by atoms with van der Waals surface area (Å²) < 4.78 is 2.37. The van der Waals surface area contributed by atoms with Gasteiger partial charge in [-0.3, -0.25) is 0 Å². The molecule has 4 nitrogen and oxygen atoms in total. The average Bonchev–Trinajstić information content (AvgIpc) is 3.61. The van der Waals surface area contributed by atoms with Crippen LogP contribution < -0.4 is 0 Å². The number of benzene rings is 8. The lowest BCUT2D eigenvalue weighted by molar-refractivity contribution is 1.07. The molecule has 0 bridgehead atoms. The zero-order chi connectivity index (χ0) is 36.6. The van der Waals surface area contributed by atoms with Crippen LogP contribution in [0.4, 0.5) is 0 Å². The van der Waals surface area contributed by atoms with Crippen molar-refractivity contribution in [2.45, 2.75) is 0 Å². The lowest BCUT2D eigenvalue weighted by atomic mass is 9.91. The van der Waals surface area contributed by atoms with Crippen LogP contribution in [0.5, 0.6) is 0 Å². The Hall–Kier alpha value is -7.43. The molecule has 0 spiro atoms. The number of fused-ring (bicyclic) bond motifs is 3. The molecule has 4 heteroatoms. The second-order valence-corrected chi connectivity index (χ2v) is 13.7. The molecule has 0 amide bonds. The van der Waals surface area contributed by atoms with Crippen molar-refractivity contribution in [2.24, 2.45) is 0 Å². The molecule has 0 atom stereocenters. The van der Waals surface area contributed by atoms with E-state index >= 15 is 0 Å². The van der Waals surface area contributed by atoms with E-state index in [4.69, 9.17) is 15.0 Å². The molecule has 0 unspecified atom stereocenters. The van der Waals surface area contributed by atoms with Gasteiger partial charge >= 0.3 is 0 Å². The number of aromatic nitrogens is 4. The Balaban J connectivity index is 1.24. The lowest BCUT2D eigenvalue weighted by Gasteiger charge is -2.13. The van der Waals surface area contributed by atoms with Gasteiger partial charge in [-0.05, 0) is 88.0 Å². The standard InChI is InChI=1S/C51H34N4/c1-6-17-35(18-7-1)40-31-41(36-19-8-2-9-20-36)33-42(32-40)44-27-16-28-47-48(44)45-34-39(29-30-46(45)55(47)43-25-14-5-15-26-43)51-53-49(37-21-10-3-11-22-37)52-50(54-51)38-23-12-4-13-24-38/h1-34H. The summed E-state index contributed by atoms with van der Waals surface area (Å²) in [5.74, 6) is 1.91. The van der Waals surface area contributed by atoms with Gasteiger partial charge in [0, 0.05) is 33.2 Å². The van der Waals surface area contributed by atoms with Crippen LogP contribution in [0.15, 0.2) is 206 Å². The third-order valence-electron chi connectivity index (χ3n) is 10.2. The van der Waals surface area contributed by atoms with E-state index < -0.39 is 0 Å². The van der Waals surface area contributed by atoms with Crippen LogP contribution in [0.25, 0.3) is 95.0 Å². The van der Waals surface area contributed by atoms with Crippen molar-refractivity contribution < 1.29 is 0 Å². The van der Waals surface area contributed by atoms with E-state index in [1.165, 1.54) is 27.6 Å². The van der Waals surface area contributed by atoms with E-state index in [1.807, 2.05) is 60.7 Å². The Morgan fingerprint density at radius 1 is 0.291 bits per heavy atom. The van der Waals surface area contributed by atoms with Gasteiger partial charge in [0.15, 0.2) is 17.5 Å². The monoisotopic (exact) mass is 702 g/mol. The van der Waals surface area contributed by atoms with Crippen LogP contribution in [0.2, 0.25) is 0 Å². The third kappa shape index (κ3) is 6.06. The molecular formula is C51H34N4. The summed E-state index contributed by atoms with van der Waals surface area (Å²) in [5.41, 5.74) is 13.2. The van der Waals surface area contributed by atoms with Crippen LogP contribution in [0.3, 0.4) is 0 Å². The van der Waals surface area contributed by atoms with Gasteiger partial charge in [0.25, 0.3) is 0 Å². The van der Waals surface area contributed by atoms with Gasteiger partial charge < -0.3 is 4.57 Å². The molecule has 0 saturated heterocycles. The molecule has 8 aromatic carbocycles. The molecule has 2 aromatic heterocycles. The molecule has 55 heavy (non-hydrogen) atoms. The van der Waals surface area contributed by atoms with Crippen LogP contribution in [0, 0.1) is 0 Å². The summed E-state index contributed by atoms with van der Waals surface area (Å²) in [6.07, 6.45) is 0. The first-order valence-electron chi connectivity index (χ1n) is 18.5. The highest BCUT2D eigenvalue weighted by Crippen LogP contribution is 2.42. The first-order chi connectivity index (χ1) is 27.3. The lowest BCUT2D eigenvalue weighted by Crippen LogP contribution is -2.00. The Morgan fingerprint density at radius 2 is 0.745 bits per heavy atom. The van der Waals surface area contributed by atoms with Gasteiger partial charge in [0.05, 0.1) is 11.0 Å². The summed E-state index contributed by atoms with van der Waals surface area (Å²) >= 11 is 0. The zero-order valence-corrected chi connectivity index (χ0v) is 29.9. The van der Waals surface area contributed by atoms with Crippen molar-refractivity contribution in [3.63, 3.8) is 0 Å². The van der Waals surface area contributed by atoms with Crippen LogP contribution >= 0.6 is 0 Å². The van der Waals surface area contributed by atoms with E-state index in [0.29, 0.717) is 17.5 Å². The minimum absolute atomic E-state index is 0.630. The first-order valence-corrected chi connectivity index (χ1v) is 18.5. The fraction of sp³-hybridized carbons (Fsp3) is 0. The Kier molecular flexibility index (Phi) is 8.12. The van der Waals surface area contributed by atoms with E-state index in [0.717, 1.165) is 49.9 Å². The third-order valence-corrected chi connectivity index (χ3v) is 10.2. The fourth-order valence-electron chi connectivity index (χ4n) is 7.62. The maximum Gasteiger partial charge on any atom is 0.164 e. The highest BCUT2D eigenvalue weighted by Gasteiger charge is 2.20. The smallest absolute Gasteiger partial charge is 0.164 e. The maximum absolute atomic E-state index is 5.09. The van der Waals surface area contributed by atoms with E-state index in [1.54, 1.807) is 0 Å². The SMILES string of the molecule is c1ccc(-c2cc(-c3ccccc3)cc(-c3cccc4c3c3cc(-c5nc(-c6ccccc6)nc(-c6ccccc6)n5)ccc3n4-c3ccccc3)c2)cc1. The molecule has 10 rings (SSSR count). The Bertz CT molecular complexity index is 2820. The summed E-state index contributed by atoms with van der Waals surface area (Å²) in [5, 5.41) is 2.30. The van der Waals surface area contributed by atoms with Gasteiger partial charge in [-0.2, -0.15) is 0 Å². The van der Waals surface area contributed by atoms with Crippen molar-refractivity contribution in [1.82, 2.24) is 19.5 Å². The fourth-order valence-corrected chi connectivity index (χ4v) is 7.62. The highest BCUT2D eigenvalue weighted by molar-refractivity contribution is 6.16. The molecule has 0 aliphatic heterocycles. The molecule has 0 fully saturated rings. The molecule has 258 valence electrons. The largest absolute Gasteiger partial charge is 0.309 e. The van der Waals surface area contributed by atoms with Gasteiger partial charge in [-0.1, -0.05) is 152 Å². The molecule has 0 aliphatic carbocycles. The van der Waals surface area contributed by atoms with E-state index in [2.05, 4.69) is 150 Å². The highest BCUT2D eigenvalue weighted by atomic mass is 15.0. The second-order valence-electron chi connectivity index (χ2n) is 13.7. The Labute approximate surface area is 319 Å². The first kappa shape index (κ1) is 32.2. The van der Waals surface area contributed by atoms with Crippen molar-refractivity contribution in [2.75, 3.05) is 0 Å². The predicted molar refractivity (Wildman–Crippen MR) is 227 cm³/mol. The predicted octanol–water partition coefficient (Wildman–Crippen LogP) is 13.0. The van der Waals surface area contributed by atoms with Gasteiger partial charge in [-0.25, -0.2) is 15.0 Å². The second kappa shape index (κ2) is 13.8. The number of hydrogen-bond donors (Lipinski definition) is 0. The van der Waals surface area contributed by atoms with Crippen LogP contribution in [-0.2, 0) is 0 Å². The van der Waals surface area contributed by atoms with Gasteiger partial charge in [0.1, 0.15) is 0 Å². The molecule has 2 heterocycles. The average molecular weight is 703 g/mol.